The standard InChI is InChI=1S/C8H3F6O/c9-7(10,11)5-2-1-3-6(4-5)15-8(12,13)14/h1-2,4H. The Labute approximate surface area is 80.3 Å². The van der Waals surface area contributed by atoms with Gasteiger partial charge in [0.05, 0.1) is 5.56 Å². The van der Waals surface area contributed by atoms with E-state index in [1.54, 1.807) is 0 Å². The smallest absolute Gasteiger partial charge is 0.405 e. The van der Waals surface area contributed by atoms with E-state index in [4.69, 9.17) is 0 Å². The molecule has 0 atom stereocenters. The first-order chi connectivity index (χ1) is 6.68. The van der Waals surface area contributed by atoms with Gasteiger partial charge in [-0.3, -0.25) is 0 Å². The average Bonchev–Trinajstić information content (AvgIpc) is 1.99. The van der Waals surface area contributed by atoms with Crippen molar-refractivity contribution >= 4 is 0 Å². The molecule has 1 aromatic carbocycles. The zero-order valence-corrected chi connectivity index (χ0v) is 6.91. The van der Waals surface area contributed by atoms with E-state index in [1.165, 1.54) is 0 Å². The predicted octanol–water partition coefficient (Wildman–Crippen LogP) is 3.40. The van der Waals surface area contributed by atoms with E-state index in [0.29, 0.717) is 12.1 Å². The van der Waals surface area contributed by atoms with Crippen LogP contribution in [-0.2, 0) is 6.18 Å². The minimum absolute atomic E-state index is 0.230. The number of halogens is 6. The molecular formula is C8H3F6O. The highest BCUT2D eigenvalue weighted by molar-refractivity contribution is 5.29. The summed E-state index contributed by atoms with van der Waals surface area (Å²) in [7, 11) is 0. The molecule has 0 saturated heterocycles. The van der Waals surface area contributed by atoms with Gasteiger partial charge in [-0.1, -0.05) is 0 Å². The zero-order chi connectivity index (χ0) is 11.7. The molecule has 83 valence electrons. The summed E-state index contributed by atoms with van der Waals surface area (Å²) in [6.07, 6.45) is -9.74. The Hall–Kier alpha value is -1.40. The van der Waals surface area contributed by atoms with E-state index in [-0.39, 0.29) is 6.07 Å². The maximum Gasteiger partial charge on any atom is 0.573 e. The summed E-state index contributed by atoms with van der Waals surface area (Å²) in [4.78, 5) is 0. The molecule has 0 aliphatic carbocycles. The molecule has 0 unspecified atom stereocenters. The molecule has 0 saturated carbocycles. The van der Waals surface area contributed by atoms with E-state index in [0.717, 1.165) is 0 Å². The molecule has 0 aliphatic rings. The first-order valence-electron chi connectivity index (χ1n) is 3.53. The summed E-state index contributed by atoms with van der Waals surface area (Å²) >= 11 is 0. The summed E-state index contributed by atoms with van der Waals surface area (Å²) in [5, 5.41) is 0. The van der Waals surface area contributed by atoms with Crippen LogP contribution in [-0.4, -0.2) is 6.36 Å². The van der Waals surface area contributed by atoms with Crippen LogP contribution in [0.5, 0.6) is 5.75 Å². The van der Waals surface area contributed by atoms with Crippen LogP contribution in [0, 0.1) is 6.07 Å². The highest BCUT2D eigenvalue weighted by Gasteiger charge is 2.34. The Morgan fingerprint density at radius 2 is 1.67 bits per heavy atom. The van der Waals surface area contributed by atoms with Crippen LogP contribution in [0.1, 0.15) is 5.56 Å². The molecule has 15 heavy (non-hydrogen) atoms. The van der Waals surface area contributed by atoms with Crippen LogP contribution >= 0.6 is 0 Å². The summed E-state index contributed by atoms with van der Waals surface area (Å²) in [5.74, 6) is -1.02. The molecule has 1 rings (SSSR count). The lowest BCUT2D eigenvalue weighted by molar-refractivity contribution is -0.274. The maximum atomic E-state index is 12.1. The summed E-state index contributed by atoms with van der Waals surface area (Å²) in [5.41, 5.74) is -1.22. The van der Waals surface area contributed by atoms with Gasteiger partial charge in [0.15, 0.2) is 0 Å². The molecule has 1 aromatic rings. The van der Waals surface area contributed by atoms with Gasteiger partial charge < -0.3 is 4.74 Å². The van der Waals surface area contributed by atoms with E-state index in [2.05, 4.69) is 4.74 Å². The van der Waals surface area contributed by atoms with Crippen LogP contribution < -0.4 is 4.74 Å². The third kappa shape index (κ3) is 3.69. The summed E-state index contributed by atoms with van der Waals surface area (Å²) < 4.78 is 74.4. The molecule has 7 heteroatoms. The zero-order valence-electron chi connectivity index (χ0n) is 6.91. The Balaban J connectivity index is 2.94. The van der Waals surface area contributed by atoms with Crippen molar-refractivity contribution in [3.63, 3.8) is 0 Å². The number of hydrogen-bond acceptors (Lipinski definition) is 1. The van der Waals surface area contributed by atoms with Gasteiger partial charge in [0.25, 0.3) is 0 Å². The van der Waals surface area contributed by atoms with Crippen molar-refractivity contribution in [2.24, 2.45) is 0 Å². The third-order valence-corrected chi connectivity index (χ3v) is 1.33. The van der Waals surface area contributed by atoms with Gasteiger partial charge in [-0.15, -0.1) is 13.2 Å². The van der Waals surface area contributed by atoms with Crippen LogP contribution in [0.3, 0.4) is 0 Å². The maximum absolute atomic E-state index is 12.1. The quantitative estimate of drug-likeness (QED) is 0.670. The second-order valence-corrected chi connectivity index (χ2v) is 2.49. The Bertz CT molecular complexity index is 340. The van der Waals surface area contributed by atoms with Gasteiger partial charge in [0, 0.05) is 6.07 Å². The molecular weight excluding hydrogens is 226 g/mol. The number of hydrogen-bond donors (Lipinski definition) is 0. The molecule has 0 aliphatic heterocycles. The normalized spacial score (nSPS) is 12.7. The third-order valence-electron chi connectivity index (χ3n) is 1.33. The molecule has 1 nitrogen and oxygen atoms in total. The number of rotatable bonds is 1. The number of benzene rings is 1. The van der Waals surface area contributed by atoms with E-state index < -0.39 is 23.9 Å². The van der Waals surface area contributed by atoms with Gasteiger partial charge in [0.1, 0.15) is 5.75 Å². The fourth-order valence-electron chi connectivity index (χ4n) is 0.805. The van der Waals surface area contributed by atoms with Crippen molar-refractivity contribution in [2.75, 3.05) is 0 Å². The lowest BCUT2D eigenvalue weighted by Gasteiger charge is -2.11. The Morgan fingerprint density at radius 3 is 2.13 bits per heavy atom. The minimum atomic E-state index is -5.03. The van der Waals surface area contributed by atoms with E-state index in [9.17, 15) is 26.3 Å². The molecule has 0 spiro atoms. The fraction of sp³-hybridized carbons (Fsp3) is 0.250. The number of alkyl halides is 6. The first kappa shape index (κ1) is 11.7. The van der Waals surface area contributed by atoms with Gasteiger partial charge in [0.2, 0.25) is 0 Å². The topological polar surface area (TPSA) is 9.23 Å². The predicted molar refractivity (Wildman–Crippen MR) is 37.0 cm³/mol. The van der Waals surface area contributed by atoms with Gasteiger partial charge in [-0.2, -0.15) is 13.2 Å². The van der Waals surface area contributed by atoms with Gasteiger partial charge in [-0.05, 0) is 18.2 Å². The highest BCUT2D eigenvalue weighted by Crippen LogP contribution is 2.32. The van der Waals surface area contributed by atoms with Gasteiger partial charge >= 0.3 is 12.5 Å². The number of ether oxygens (including phenoxy) is 1. The van der Waals surface area contributed by atoms with E-state index in [1.807, 2.05) is 6.07 Å². The second kappa shape index (κ2) is 3.63. The highest BCUT2D eigenvalue weighted by atomic mass is 19.4. The molecule has 1 radical (unpaired) electrons. The molecule has 0 bridgehead atoms. The van der Waals surface area contributed by atoms with Crippen molar-refractivity contribution in [3.05, 3.63) is 29.8 Å². The second-order valence-electron chi connectivity index (χ2n) is 2.49. The lowest BCUT2D eigenvalue weighted by atomic mass is 10.2. The van der Waals surface area contributed by atoms with Crippen molar-refractivity contribution < 1.29 is 31.1 Å². The first-order valence-corrected chi connectivity index (χ1v) is 3.53. The van der Waals surface area contributed by atoms with Crippen molar-refractivity contribution in [1.82, 2.24) is 0 Å². The van der Waals surface area contributed by atoms with Gasteiger partial charge in [-0.25, -0.2) is 0 Å². The molecule has 0 amide bonds. The van der Waals surface area contributed by atoms with Crippen molar-refractivity contribution in [3.8, 4) is 5.75 Å². The fourth-order valence-corrected chi connectivity index (χ4v) is 0.805. The molecule has 0 aromatic heterocycles. The Kier molecular flexibility index (Phi) is 2.83. The van der Waals surface area contributed by atoms with Crippen molar-refractivity contribution in [2.45, 2.75) is 12.5 Å². The average molecular weight is 229 g/mol. The monoisotopic (exact) mass is 229 g/mol. The van der Waals surface area contributed by atoms with Crippen LogP contribution in [0.2, 0.25) is 0 Å². The lowest BCUT2D eigenvalue weighted by Crippen LogP contribution is -2.17. The molecule has 0 N–H and O–H groups in total. The largest absolute Gasteiger partial charge is 0.573 e. The van der Waals surface area contributed by atoms with E-state index >= 15 is 0 Å². The summed E-state index contributed by atoms with van der Waals surface area (Å²) in [6.45, 7) is 0. The van der Waals surface area contributed by atoms with Crippen LogP contribution in [0.4, 0.5) is 26.3 Å². The van der Waals surface area contributed by atoms with Crippen LogP contribution in [0.25, 0.3) is 0 Å². The minimum Gasteiger partial charge on any atom is -0.405 e. The molecule has 0 fully saturated rings. The Morgan fingerprint density at radius 1 is 1.07 bits per heavy atom. The van der Waals surface area contributed by atoms with Crippen LogP contribution in [0.15, 0.2) is 18.2 Å². The SMILES string of the molecule is FC(F)(F)Oc1[c]ccc(C(F)(F)F)c1. The summed E-state index contributed by atoms with van der Waals surface area (Å²) in [6, 6.07) is 3.44. The molecule has 0 heterocycles. The van der Waals surface area contributed by atoms with Crippen molar-refractivity contribution in [1.29, 1.82) is 0 Å².